The lowest BCUT2D eigenvalue weighted by Gasteiger charge is -2.04. The van der Waals surface area contributed by atoms with E-state index >= 15 is 0 Å². The maximum Gasteiger partial charge on any atom is 0.284 e. The van der Waals surface area contributed by atoms with Crippen molar-refractivity contribution >= 4 is 22.6 Å². The van der Waals surface area contributed by atoms with E-state index in [4.69, 9.17) is 5.11 Å². The van der Waals surface area contributed by atoms with Crippen LogP contribution in [0, 0.1) is 10.5 Å². The van der Waals surface area contributed by atoms with Crippen molar-refractivity contribution in [3.05, 3.63) is 21.0 Å². The minimum atomic E-state index is -2.72. The lowest BCUT2D eigenvalue weighted by Crippen LogP contribution is -1.95. The number of pyridine rings is 1. The van der Waals surface area contributed by atoms with Crippen LogP contribution in [-0.4, -0.2) is 10.1 Å². The molecule has 0 aliphatic carbocycles. The molecule has 1 N–H and O–H groups in total. The van der Waals surface area contributed by atoms with Crippen LogP contribution < -0.4 is 0 Å². The summed E-state index contributed by atoms with van der Waals surface area (Å²) in [4.78, 5) is 3.56. The highest BCUT2D eigenvalue weighted by atomic mass is 127. The zero-order valence-electron chi connectivity index (χ0n) is 6.18. The number of halogens is 3. The van der Waals surface area contributed by atoms with E-state index in [0.29, 0.717) is 9.26 Å². The predicted molar refractivity (Wildman–Crippen MR) is 48.3 cm³/mol. The summed E-state index contributed by atoms with van der Waals surface area (Å²) in [5, 5.41) is 9.04. The monoisotopic (exact) mass is 285 g/mol. The second-order valence-corrected chi connectivity index (χ2v) is 3.42. The topological polar surface area (TPSA) is 33.1 Å². The van der Waals surface area contributed by atoms with Crippen LogP contribution >= 0.6 is 22.6 Å². The van der Waals surface area contributed by atoms with E-state index in [2.05, 4.69) is 4.98 Å². The number of hydrogen-bond acceptors (Lipinski definition) is 2. The van der Waals surface area contributed by atoms with Crippen LogP contribution in [0.25, 0.3) is 0 Å². The van der Waals surface area contributed by atoms with E-state index in [-0.39, 0.29) is 0 Å². The van der Waals surface area contributed by atoms with Crippen molar-refractivity contribution in [1.82, 2.24) is 4.98 Å². The van der Waals surface area contributed by atoms with Gasteiger partial charge in [0.1, 0.15) is 11.4 Å². The molecular weight excluding hydrogens is 279 g/mol. The van der Waals surface area contributed by atoms with Crippen LogP contribution in [0.15, 0.2) is 6.07 Å². The van der Waals surface area contributed by atoms with Gasteiger partial charge in [-0.05, 0) is 35.6 Å². The van der Waals surface area contributed by atoms with E-state index in [1.165, 1.54) is 6.07 Å². The van der Waals surface area contributed by atoms with Crippen LogP contribution in [0.3, 0.4) is 0 Å². The quantitative estimate of drug-likeness (QED) is 0.805. The fourth-order valence-electron chi connectivity index (χ4n) is 0.750. The Hall–Kier alpha value is -0.460. The summed E-state index contributed by atoms with van der Waals surface area (Å²) in [6, 6.07) is 1.28. The molecule has 0 radical (unpaired) electrons. The third kappa shape index (κ3) is 1.82. The number of aromatic hydroxyl groups is 1. The molecule has 0 atom stereocenters. The van der Waals surface area contributed by atoms with Crippen molar-refractivity contribution in [1.29, 1.82) is 0 Å². The summed E-state index contributed by atoms with van der Waals surface area (Å²) in [5.74, 6) is -0.444. The molecule has 0 unspecified atom stereocenters. The molecule has 0 bridgehead atoms. The van der Waals surface area contributed by atoms with Gasteiger partial charge in [-0.2, -0.15) is 0 Å². The van der Waals surface area contributed by atoms with Gasteiger partial charge in [0, 0.05) is 3.57 Å². The molecule has 0 amide bonds. The third-order valence-electron chi connectivity index (χ3n) is 1.37. The van der Waals surface area contributed by atoms with Crippen molar-refractivity contribution in [2.24, 2.45) is 0 Å². The number of hydrogen-bond donors (Lipinski definition) is 1. The number of aromatic nitrogens is 1. The summed E-state index contributed by atoms with van der Waals surface area (Å²) in [7, 11) is 0. The molecule has 1 heterocycles. The predicted octanol–water partition coefficient (Wildman–Crippen LogP) is 2.64. The summed E-state index contributed by atoms with van der Waals surface area (Å²) in [6.45, 7) is 1.62. The highest BCUT2D eigenvalue weighted by Gasteiger charge is 2.15. The van der Waals surface area contributed by atoms with Gasteiger partial charge in [0.15, 0.2) is 0 Å². The van der Waals surface area contributed by atoms with Crippen LogP contribution in [0.5, 0.6) is 5.75 Å². The fourth-order valence-corrected chi connectivity index (χ4v) is 1.17. The summed E-state index contributed by atoms with van der Waals surface area (Å²) in [5.41, 5.74) is -0.0448. The van der Waals surface area contributed by atoms with Crippen molar-refractivity contribution < 1.29 is 13.9 Å². The van der Waals surface area contributed by atoms with Crippen LogP contribution in [-0.2, 0) is 0 Å². The normalized spacial score (nSPS) is 10.8. The second-order valence-electron chi connectivity index (χ2n) is 2.26. The highest BCUT2D eigenvalue weighted by Crippen LogP contribution is 2.28. The Morgan fingerprint density at radius 2 is 2.17 bits per heavy atom. The fraction of sp³-hybridized carbons (Fsp3) is 0.286. The number of alkyl halides is 2. The van der Waals surface area contributed by atoms with Crippen LogP contribution in [0.1, 0.15) is 17.8 Å². The molecule has 0 aliphatic rings. The third-order valence-corrected chi connectivity index (χ3v) is 2.46. The smallest absolute Gasteiger partial charge is 0.284 e. The van der Waals surface area contributed by atoms with Crippen molar-refractivity contribution in [2.75, 3.05) is 0 Å². The van der Waals surface area contributed by atoms with Crippen LogP contribution in [0.4, 0.5) is 8.78 Å². The van der Waals surface area contributed by atoms with Crippen molar-refractivity contribution in [3.8, 4) is 5.75 Å². The van der Waals surface area contributed by atoms with E-state index in [1.807, 2.05) is 22.6 Å². The first-order valence-corrected chi connectivity index (χ1v) is 4.24. The Bertz CT molecular complexity index is 304. The number of nitrogens with zero attached hydrogens (tertiary/aromatic N) is 1. The van der Waals surface area contributed by atoms with Gasteiger partial charge in [0.2, 0.25) is 0 Å². The molecule has 5 heteroatoms. The Morgan fingerprint density at radius 1 is 1.58 bits per heavy atom. The first kappa shape index (κ1) is 9.63. The Morgan fingerprint density at radius 3 is 2.67 bits per heavy atom. The van der Waals surface area contributed by atoms with Crippen LogP contribution in [0.2, 0.25) is 0 Å². The zero-order valence-corrected chi connectivity index (χ0v) is 8.34. The minimum absolute atomic E-state index is 0.444. The van der Waals surface area contributed by atoms with Gasteiger partial charge in [0.05, 0.1) is 5.69 Å². The summed E-state index contributed by atoms with van der Waals surface area (Å²) >= 11 is 1.92. The Balaban J connectivity index is 3.23. The standard InChI is InChI=1S/C7H6F2INO/c1-3-4(10)2-5(12)6(11-3)7(8)9/h2,7,12H,1H3. The lowest BCUT2D eigenvalue weighted by molar-refractivity contribution is 0.141. The van der Waals surface area contributed by atoms with E-state index in [1.54, 1.807) is 6.92 Å². The average Bonchev–Trinajstić information content (AvgIpc) is 1.96. The highest BCUT2D eigenvalue weighted by molar-refractivity contribution is 14.1. The summed E-state index contributed by atoms with van der Waals surface area (Å²) in [6.07, 6.45) is -2.72. The maximum absolute atomic E-state index is 12.1. The van der Waals surface area contributed by atoms with E-state index in [0.717, 1.165) is 0 Å². The molecule has 0 fully saturated rings. The molecule has 0 saturated heterocycles. The molecule has 1 rings (SSSR count). The average molecular weight is 285 g/mol. The largest absolute Gasteiger partial charge is 0.506 e. The first-order chi connectivity index (χ1) is 5.52. The molecule has 12 heavy (non-hydrogen) atoms. The van der Waals surface area contributed by atoms with Gasteiger partial charge in [-0.1, -0.05) is 0 Å². The zero-order chi connectivity index (χ0) is 9.30. The van der Waals surface area contributed by atoms with Gasteiger partial charge >= 0.3 is 0 Å². The summed E-state index contributed by atoms with van der Waals surface area (Å²) < 4.78 is 24.9. The lowest BCUT2D eigenvalue weighted by atomic mass is 10.3. The van der Waals surface area contributed by atoms with Crippen molar-refractivity contribution in [2.45, 2.75) is 13.3 Å². The molecule has 0 spiro atoms. The first-order valence-electron chi connectivity index (χ1n) is 3.16. The number of rotatable bonds is 1. The molecule has 2 nitrogen and oxygen atoms in total. The van der Waals surface area contributed by atoms with Gasteiger partial charge in [0.25, 0.3) is 6.43 Å². The van der Waals surface area contributed by atoms with Crippen molar-refractivity contribution in [3.63, 3.8) is 0 Å². The maximum atomic E-state index is 12.1. The van der Waals surface area contributed by atoms with Gasteiger partial charge in [-0.3, -0.25) is 0 Å². The molecule has 1 aromatic heterocycles. The minimum Gasteiger partial charge on any atom is -0.506 e. The molecule has 0 aromatic carbocycles. The molecule has 0 saturated carbocycles. The Kier molecular flexibility index (Phi) is 2.81. The van der Waals surface area contributed by atoms with E-state index in [9.17, 15) is 8.78 Å². The van der Waals surface area contributed by atoms with E-state index < -0.39 is 17.9 Å². The molecular formula is C7H6F2INO. The van der Waals surface area contributed by atoms with Gasteiger partial charge in [-0.15, -0.1) is 0 Å². The SMILES string of the molecule is Cc1nc(C(F)F)c(O)cc1I. The number of aryl methyl sites for hydroxylation is 1. The Labute approximate surface area is 81.8 Å². The second kappa shape index (κ2) is 3.51. The molecule has 1 aromatic rings. The molecule has 66 valence electrons. The van der Waals surface area contributed by atoms with Gasteiger partial charge < -0.3 is 5.11 Å². The molecule has 0 aliphatic heterocycles. The van der Waals surface area contributed by atoms with Gasteiger partial charge in [-0.25, -0.2) is 13.8 Å².